The van der Waals surface area contributed by atoms with E-state index in [-0.39, 0.29) is 0 Å². The van der Waals surface area contributed by atoms with Gasteiger partial charge in [0.15, 0.2) is 0 Å². The van der Waals surface area contributed by atoms with E-state index in [2.05, 4.69) is 20.3 Å². The van der Waals surface area contributed by atoms with Gasteiger partial charge in [-0.1, -0.05) is 53.3 Å². The van der Waals surface area contributed by atoms with Crippen LogP contribution in [-0.2, 0) is 5.75 Å². The Morgan fingerprint density at radius 1 is 1.24 bits per heavy atom. The minimum Gasteiger partial charge on any atom is -0.361 e. The van der Waals surface area contributed by atoms with Crippen LogP contribution in [-0.4, -0.2) is 20.3 Å². The van der Waals surface area contributed by atoms with Gasteiger partial charge < -0.3 is 4.52 Å². The van der Waals surface area contributed by atoms with Crippen LogP contribution >= 0.6 is 11.8 Å². The molecule has 2 heterocycles. The molecule has 3 aromatic rings. The lowest BCUT2D eigenvalue weighted by atomic mass is 10.2. The van der Waals surface area contributed by atoms with Gasteiger partial charge in [0.05, 0.1) is 5.69 Å². The molecule has 21 heavy (non-hydrogen) atoms. The molecule has 0 fully saturated rings. The first-order valence-corrected chi connectivity index (χ1v) is 7.49. The molecule has 0 amide bonds. The standard InChI is InChI=1S/C15H14N4OS/c1-11-9-13(19-20-11)10-21-15-16-14(17-18-15)8-7-12-5-3-2-4-6-12/h2-9H,10H2,1H3,(H,16,17,18)/b8-7+. The summed E-state index contributed by atoms with van der Waals surface area (Å²) in [7, 11) is 0. The maximum absolute atomic E-state index is 5.02. The van der Waals surface area contributed by atoms with E-state index in [1.807, 2.05) is 55.5 Å². The molecule has 0 saturated heterocycles. The third kappa shape index (κ3) is 3.82. The number of aromatic amines is 1. The van der Waals surface area contributed by atoms with E-state index in [1.165, 1.54) is 11.8 Å². The number of H-pyrrole nitrogens is 1. The predicted octanol–water partition coefficient (Wildman–Crippen LogP) is 3.56. The van der Waals surface area contributed by atoms with Crippen LogP contribution in [0.15, 0.2) is 46.1 Å². The fourth-order valence-corrected chi connectivity index (χ4v) is 2.45. The van der Waals surface area contributed by atoms with Crippen molar-refractivity contribution in [2.75, 3.05) is 0 Å². The number of nitrogens with zero attached hydrogens (tertiary/aromatic N) is 3. The third-order valence-corrected chi connectivity index (χ3v) is 3.62. The second kappa shape index (κ2) is 6.41. The Morgan fingerprint density at radius 2 is 2.10 bits per heavy atom. The molecule has 1 N–H and O–H groups in total. The molecule has 5 nitrogen and oxygen atoms in total. The lowest BCUT2D eigenvalue weighted by molar-refractivity contribution is 0.393. The van der Waals surface area contributed by atoms with Crippen molar-refractivity contribution >= 4 is 23.9 Å². The molecule has 6 heteroatoms. The summed E-state index contributed by atoms with van der Waals surface area (Å²) in [5.41, 5.74) is 2.02. The summed E-state index contributed by atoms with van der Waals surface area (Å²) in [6.45, 7) is 1.88. The first-order chi connectivity index (χ1) is 10.3. The van der Waals surface area contributed by atoms with E-state index in [9.17, 15) is 0 Å². The fourth-order valence-electron chi connectivity index (χ4n) is 1.76. The molecule has 0 saturated carbocycles. The van der Waals surface area contributed by atoms with Gasteiger partial charge in [-0.3, -0.25) is 5.10 Å². The van der Waals surface area contributed by atoms with Crippen LogP contribution in [0.4, 0.5) is 0 Å². The maximum atomic E-state index is 5.02. The van der Waals surface area contributed by atoms with Crippen LogP contribution < -0.4 is 0 Å². The van der Waals surface area contributed by atoms with E-state index in [0.29, 0.717) is 10.9 Å². The minimum absolute atomic E-state index is 0.692. The minimum atomic E-state index is 0.692. The largest absolute Gasteiger partial charge is 0.361 e. The zero-order valence-corrected chi connectivity index (χ0v) is 12.3. The summed E-state index contributed by atoms with van der Waals surface area (Å²) in [6.07, 6.45) is 3.91. The molecular formula is C15H14N4OS. The highest BCUT2D eigenvalue weighted by Gasteiger charge is 2.05. The Hall–Kier alpha value is -2.34. The lowest BCUT2D eigenvalue weighted by Gasteiger charge is -1.90. The van der Waals surface area contributed by atoms with Gasteiger partial charge in [-0.25, -0.2) is 4.98 Å². The summed E-state index contributed by atoms with van der Waals surface area (Å²) in [5, 5.41) is 11.7. The third-order valence-electron chi connectivity index (χ3n) is 2.74. The van der Waals surface area contributed by atoms with Crippen molar-refractivity contribution in [3.8, 4) is 0 Å². The highest BCUT2D eigenvalue weighted by atomic mass is 32.2. The van der Waals surface area contributed by atoms with Crippen LogP contribution in [0.5, 0.6) is 0 Å². The summed E-state index contributed by atoms with van der Waals surface area (Å²) >= 11 is 1.52. The Labute approximate surface area is 126 Å². The molecule has 3 rings (SSSR count). The van der Waals surface area contributed by atoms with Gasteiger partial charge in [0.25, 0.3) is 0 Å². The molecule has 2 aromatic heterocycles. The second-order valence-corrected chi connectivity index (χ2v) is 5.41. The lowest BCUT2D eigenvalue weighted by Crippen LogP contribution is -1.81. The maximum Gasteiger partial charge on any atom is 0.209 e. The van der Waals surface area contributed by atoms with Gasteiger partial charge in [0.1, 0.15) is 11.6 Å². The Morgan fingerprint density at radius 3 is 2.86 bits per heavy atom. The van der Waals surface area contributed by atoms with Crippen molar-refractivity contribution in [2.24, 2.45) is 0 Å². The van der Waals surface area contributed by atoms with Crippen molar-refractivity contribution < 1.29 is 4.52 Å². The Bertz CT molecular complexity index is 733. The normalized spacial score (nSPS) is 11.3. The number of hydrogen-bond donors (Lipinski definition) is 1. The summed E-state index contributed by atoms with van der Waals surface area (Å²) in [6, 6.07) is 12.0. The number of thioether (sulfide) groups is 1. The highest BCUT2D eigenvalue weighted by Crippen LogP contribution is 2.19. The zero-order chi connectivity index (χ0) is 14.5. The number of nitrogens with one attached hydrogen (secondary N) is 1. The van der Waals surface area contributed by atoms with Crippen molar-refractivity contribution in [2.45, 2.75) is 17.8 Å². The first kappa shape index (κ1) is 13.6. The number of aromatic nitrogens is 4. The monoisotopic (exact) mass is 298 g/mol. The van der Waals surface area contributed by atoms with E-state index in [4.69, 9.17) is 4.52 Å². The van der Waals surface area contributed by atoms with Gasteiger partial charge >= 0.3 is 0 Å². The quantitative estimate of drug-likeness (QED) is 0.729. The van der Waals surface area contributed by atoms with Gasteiger partial charge in [-0.2, -0.15) is 0 Å². The number of rotatable bonds is 5. The first-order valence-electron chi connectivity index (χ1n) is 6.50. The molecule has 0 aliphatic rings. The summed E-state index contributed by atoms with van der Waals surface area (Å²) in [5.74, 6) is 2.24. The Kier molecular flexibility index (Phi) is 4.16. The Balaban J connectivity index is 1.60. The van der Waals surface area contributed by atoms with Crippen LogP contribution in [0.3, 0.4) is 0 Å². The molecule has 0 aliphatic heterocycles. The van der Waals surface area contributed by atoms with E-state index >= 15 is 0 Å². The summed E-state index contributed by atoms with van der Waals surface area (Å²) < 4.78 is 5.02. The molecule has 0 bridgehead atoms. The molecule has 1 aromatic carbocycles. The van der Waals surface area contributed by atoms with Crippen molar-refractivity contribution in [3.05, 3.63) is 59.2 Å². The predicted molar refractivity (Wildman–Crippen MR) is 82.6 cm³/mol. The smallest absolute Gasteiger partial charge is 0.209 e. The van der Waals surface area contributed by atoms with Gasteiger partial charge in [-0.05, 0) is 18.6 Å². The average molecular weight is 298 g/mol. The van der Waals surface area contributed by atoms with Crippen LogP contribution in [0, 0.1) is 6.92 Å². The van der Waals surface area contributed by atoms with Gasteiger partial charge in [0, 0.05) is 11.8 Å². The molecule has 0 radical (unpaired) electrons. The number of aryl methyl sites for hydroxylation is 1. The zero-order valence-electron chi connectivity index (χ0n) is 11.5. The SMILES string of the molecule is Cc1cc(CSc2n[nH]c(/C=C/c3ccccc3)n2)no1. The van der Waals surface area contributed by atoms with E-state index in [0.717, 1.165) is 22.8 Å². The fraction of sp³-hybridized carbons (Fsp3) is 0.133. The molecule has 0 unspecified atom stereocenters. The van der Waals surface area contributed by atoms with E-state index < -0.39 is 0 Å². The molecule has 0 aliphatic carbocycles. The van der Waals surface area contributed by atoms with Gasteiger partial charge in [0.2, 0.25) is 5.16 Å². The number of hydrogen-bond acceptors (Lipinski definition) is 5. The number of benzene rings is 1. The highest BCUT2D eigenvalue weighted by molar-refractivity contribution is 7.98. The second-order valence-electron chi connectivity index (χ2n) is 4.46. The van der Waals surface area contributed by atoms with Crippen LogP contribution in [0.25, 0.3) is 12.2 Å². The topological polar surface area (TPSA) is 67.6 Å². The molecule has 0 atom stereocenters. The van der Waals surface area contributed by atoms with Crippen molar-refractivity contribution in [3.63, 3.8) is 0 Å². The summed E-state index contributed by atoms with van der Waals surface area (Å²) in [4.78, 5) is 4.40. The van der Waals surface area contributed by atoms with Crippen molar-refractivity contribution in [1.29, 1.82) is 0 Å². The molecule has 0 spiro atoms. The molecule has 106 valence electrons. The van der Waals surface area contributed by atoms with E-state index in [1.54, 1.807) is 0 Å². The van der Waals surface area contributed by atoms with Crippen LogP contribution in [0.2, 0.25) is 0 Å². The van der Waals surface area contributed by atoms with Crippen LogP contribution in [0.1, 0.15) is 22.8 Å². The van der Waals surface area contributed by atoms with Crippen molar-refractivity contribution in [1.82, 2.24) is 20.3 Å². The average Bonchev–Trinajstić information content (AvgIpc) is 3.13. The molecular weight excluding hydrogens is 284 g/mol. The van der Waals surface area contributed by atoms with Gasteiger partial charge in [-0.15, -0.1) is 5.10 Å².